The molecule has 1 heterocycles. The van der Waals surface area contributed by atoms with Crippen molar-refractivity contribution in [2.75, 3.05) is 0 Å². The molecule has 0 radical (unpaired) electrons. The molecule has 0 atom stereocenters. The molecule has 0 spiro atoms. The minimum absolute atomic E-state index is 0.481. The summed E-state index contributed by atoms with van der Waals surface area (Å²) in [6, 6.07) is 6.01. The first-order valence-electron chi connectivity index (χ1n) is 4.38. The third-order valence-corrected chi connectivity index (χ3v) is 1.83. The lowest BCUT2D eigenvalue weighted by molar-refractivity contribution is 0.456. The van der Waals surface area contributed by atoms with Crippen LogP contribution in [-0.2, 0) is 0 Å². The summed E-state index contributed by atoms with van der Waals surface area (Å²) in [5.74, 6) is 1.27. The van der Waals surface area contributed by atoms with Crippen LogP contribution in [0.25, 0.3) is 0 Å². The summed E-state index contributed by atoms with van der Waals surface area (Å²) in [4.78, 5) is 3.88. The maximum atomic E-state index is 5.48. The predicted molar refractivity (Wildman–Crippen MR) is 52.5 cm³/mol. The average Bonchev–Trinajstić information content (AvgIpc) is 2.54. The van der Waals surface area contributed by atoms with Crippen molar-refractivity contribution in [2.45, 2.75) is 13.8 Å². The van der Waals surface area contributed by atoms with E-state index in [1.807, 2.05) is 26.0 Å². The Kier molecular flexibility index (Phi) is 2.23. The number of nitrogens with zero attached hydrogens (tertiary/aromatic N) is 1. The molecule has 1 aromatic heterocycles. The Morgan fingerprint density at radius 2 is 1.86 bits per heavy atom. The first kappa shape index (κ1) is 8.81. The summed E-state index contributed by atoms with van der Waals surface area (Å²) >= 11 is 0. The van der Waals surface area contributed by atoms with E-state index in [0.717, 1.165) is 5.75 Å². The summed E-state index contributed by atoms with van der Waals surface area (Å²) in [7, 11) is 0. The van der Waals surface area contributed by atoms with E-state index in [4.69, 9.17) is 9.15 Å². The smallest absolute Gasteiger partial charge is 0.258 e. The molecule has 3 heteroatoms. The van der Waals surface area contributed by atoms with Gasteiger partial charge < -0.3 is 9.15 Å². The molecule has 0 saturated heterocycles. The van der Waals surface area contributed by atoms with E-state index in [2.05, 4.69) is 11.1 Å². The van der Waals surface area contributed by atoms with Gasteiger partial charge in [0.15, 0.2) is 12.7 Å². The Labute approximate surface area is 82.3 Å². The van der Waals surface area contributed by atoms with Crippen LogP contribution in [0.15, 0.2) is 35.3 Å². The van der Waals surface area contributed by atoms with Crippen LogP contribution >= 0.6 is 0 Å². The van der Waals surface area contributed by atoms with Crippen molar-refractivity contribution in [1.82, 2.24) is 4.98 Å². The van der Waals surface area contributed by atoms with Gasteiger partial charge in [-0.3, -0.25) is 0 Å². The lowest BCUT2D eigenvalue weighted by Crippen LogP contribution is -1.86. The van der Waals surface area contributed by atoms with Crippen LogP contribution in [0.4, 0.5) is 0 Å². The predicted octanol–water partition coefficient (Wildman–Crippen LogP) is 3.08. The molecule has 0 aliphatic heterocycles. The zero-order valence-corrected chi connectivity index (χ0v) is 8.15. The van der Waals surface area contributed by atoms with Crippen LogP contribution in [0.1, 0.15) is 11.1 Å². The summed E-state index contributed by atoms with van der Waals surface area (Å²) in [5, 5.41) is 0. The van der Waals surface area contributed by atoms with Crippen molar-refractivity contribution < 1.29 is 9.15 Å². The number of aryl methyl sites for hydroxylation is 2. The van der Waals surface area contributed by atoms with Gasteiger partial charge in [0.1, 0.15) is 5.75 Å². The third-order valence-electron chi connectivity index (χ3n) is 1.83. The number of oxazole rings is 1. The molecule has 0 aliphatic rings. The van der Waals surface area contributed by atoms with Gasteiger partial charge in [0.25, 0.3) is 5.88 Å². The second kappa shape index (κ2) is 3.54. The second-order valence-corrected chi connectivity index (χ2v) is 3.25. The highest BCUT2D eigenvalue weighted by atomic mass is 16.5. The molecule has 0 fully saturated rings. The molecule has 0 bridgehead atoms. The molecule has 0 aliphatic carbocycles. The second-order valence-electron chi connectivity index (χ2n) is 3.25. The highest BCUT2D eigenvalue weighted by molar-refractivity contribution is 5.34. The lowest BCUT2D eigenvalue weighted by atomic mass is 10.1. The molecular weight excluding hydrogens is 178 g/mol. The van der Waals surface area contributed by atoms with Crippen molar-refractivity contribution in [1.29, 1.82) is 0 Å². The van der Waals surface area contributed by atoms with Crippen molar-refractivity contribution in [3.05, 3.63) is 42.0 Å². The van der Waals surface area contributed by atoms with Crippen molar-refractivity contribution >= 4 is 0 Å². The normalized spacial score (nSPS) is 10.1. The summed E-state index contributed by atoms with van der Waals surface area (Å²) in [6.45, 7) is 4.06. The van der Waals surface area contributed by atoms with Crippen LogP contribution in [-0.4, -0.2) is 4.98 Å². The Hall–Kier alpha value is -1.77. The summed E-state index contributed by atoms with van der Waals surface area (Å²) < 4.78 is 10.3. The van der Waals surface area contributed by atoms with Gasteiger partial charge in [-0.1, -0.05) is 6.07 Å². The highest BCUT2D eigenvalue weighted by Gasteiger charge is 2.00. The fraction of sp³-hybridized carbons (Fsp3) is 0.182. The molecule has 0 saturated carbocycles. The standard InChI is InChI=1S/C11H11NO2/c1-8-3-9(2)5-10(4-8)14-11-6-13-7-12-11/h3-7H,1-2H3. The minimum Gasteiger partial charge on any atom is -0.448 e. The molecular formula is C11H11NO2. The van der Waals surface area contributed by atoms with Crippen LogP contribution in [0, 0.1) is 13.8 Å². The molecule has 1 aromatic carbocycles. The maximum absolute atomic E-state index is 5.48. The van der Waals surface area contributed by atoms with E-state index in [0.29, 0.717) is 5.88 Å². The third kappa shape index (κ3) is 1.93. The molecule has 3 nitrogen and oxygen atoms in total. The van der Waals surface area contributed by atoms with Gasteiger partial charge in [-0.05, 0) is 37.1 Å². The number of hydrogen-bond donors (Lipinski definition) is 0. The fourth-order valence-corrected chi connectivity index (χ4v) is 1.36. The topological polar surface area (TPSA) is 35.3 Å². The van der Waals surface area contributed by atoms with Crippen LogP contribution < -0.4 is 4.74 Å². The Balaban J connectivity index is 2.25. The molecule has 2 aromatic rings. The van der Waals surface area contributed by atoms with E-state index in [9.17, 15) is 0 Å². The number of rotatable bonds is 2. The SMILES string of the molecule is Cc1cc(C)cc(Oc2cocn2)c1. The molecule has 0 amide bonds. The number of ether oxygens (including phenoxy) is 1. The molecule has 72 valence electrons. The molecule has 0 unspecified atom stereocenters. The fourth-order valence-electron chi connectivity index (χ4n) is 1.36. The van der Waals surface area contributed by atoms with Gasteiger partial charge in [-0.25, -0.2) is 0 Å². The van der Waals surface area contributed by atoms with E-state index in [-0.39, 0.29) is 0 Å². The first-order valence-corrected chi connectivity index (χ1v) is 4.38. The average molecular weight is 189 g/mol. The van der Waals surface area contributed by atoms with Crippen molar-refractivity contribution in [2.24, 2.45) is 0 Å². The van der Waals surface area contributed by atoms with E-state index in [1.54, 1.807) is 0 Å². The van der Waals surface area contributed by atoms with Gasteiger partial charge in [0.2, 0.25) is 0 Å². The van der Waals surface area contributed by atoms with Gasteiger partial charge in [-0.15, -0.1) is 0 Å². The Morgan fingerprint density at radius 1 is 1.14 bits per heavy atom. The van der Waals surface area contributed by atoms with Gasteiger partial charge >= 0.3 is 0 Å². The van der Waals surface area contributed by atoms with E-state index in [1.165, 1.54) is 23.8 Å². The van der Waals surface area contributed by atoms with Gasteiger partial charge in [-0.2, -0.15) is 4.98 Å². The zero-order chi connectivity index (χ0) is 9.97. The van der Waals surface area contributed by atoms with E-state index < -0.39 is 0 Å². The number of hydrogen-bond acceptors (Lipinski definition) is 3. The summed E-state index contributed by atoms with van der Waals surface area (Å²) in [6.07, 6.45) is 2.82. The Bertz CT molecular complexity index is 401. The summed E-state index contributed by atoms with van der Waals surface area (Å²) in [5.41, 5.74) is 2.34. The van der Waals surface area contributed by atoms with Crippen LogP contribution in [0.2, 0.25) is 0 Å². The van der Waals surface area contributed by atoms with Gasteiger partial charge in [0, 0.05) is 0 Å². The molecule has 0 N–H and O–H groups in total. The van der Waals surface area contributed by atoms with Crippen LogP contribution in [0.5, 0.6) is 11.6 Å². The quantitative estimate of drug-likeness (QED) is 0.728. The highest BCUT2D eigenvalue weighted by Crippen LogP contribution is 2.21. The van der Waals surface area contributed by atoms with Crippen LogP contribution in [0.3, 0.4) is 0 Å². The Morgan fingerprint density at radius 3 is 2.43 bits per heavy atom. The molecule has 14 heavy (non-hydrogen) atoms. The monoisotopic (exact) mass is 189 g/mol. The molecule has 2 rings (SSSR count). The largest absolute Gasteiger partial charge is 0.448 e. The van der Waals surface area contributed by atoms with Crippen molar-refractivity contribution in [3.63, 3.8) is 0 Å². The van der Waals surface area contributed by atoms with Gasteiger partial charge in [0.05, 0.1) is 0 Å². The van der Waals surface area contributed by atoms with Crippen molar-refractivity contribution in [3.8, 4) is 11.6 Å². The number of aromatic nitrogens is 1. The maximum Gasteiger partial charge on any atom is 0.258 e. The number of benzene rings is 1. The first-order chi connectivity index (χ1) is 6.74. The van der Waals surface area contributed by atoms with E-state index >= 15 is 0 Å². The zero-order valence-electron chi connectivity index (χ0n) is 8.15. The lowest BCUT2D eigenvalue weighted by Gasteiger charge is -2.03. The minimum atomic E-state index is 0.481.